The average Bonchev–Trinajstić information content (AvgIpc) is 3.21. The Kier molecular flexibility index (Phi) is 3.53. The van der Waals surface area contributed by atoms with Crippen LogP contribution in [0.25, 0.3) is 0 Å². The molecule has 2 saturated carbocycles. The van der Waals surface area contributed by atoms with Crippen LogP contribution in [0.5, 0.6) is 0 Å². The van der Waals surface area contributed by atoms with Crippen molar-refractivity contribution >= 4 is 5.69 Å². The zero-order valence-corrected chi connectivity index (χ0v) is 12.2. The monoisotopic (exact) mass is 258 g/mol. The maximum atomic E-state index is 5.89. The third kappa shape index (κ3) is 3.30. The molecule has 1 atom stereocenters. The van der Waals surface area contributed by atoms with E-state index in [-0.39, 0.29) is 6.04 Å². The SMILES string of the molecule is Cc1cc(CC(C)N)ccc1N(CC1CC1)C1CC1. The van der Waals surface area contributed by atoms with Gasteiger partial charge in [-0.15, -0.1) is 0 Å². The quantitative estimate of drug-likeness (QED) is 0.848. The van der Waals surface area contributed by atoms with Gasteiger partial charge in [0.1, 0.15) is 0 Å². The van der Waals surface area contributed by atoms with Crippen molar-refractivity contribution in [3.05, 3.63) is 29.3 Å². The van der Waals surface area contributed by atoms with Crippen LogP contribution in [0, 0.1) is 12.8 Å². The highest BCUT2D eigenvalue weighted by atomic mass is 15.2. The molecule has 1 aromatic rings. The van der Waals surface area contributed by atoms with Gasteiger partial charge in [0.05, 0.1) is 0 Å². The molecule has 0 aliphatic heterocycles. The first-order chi connectivity index (χ1) is 9.13. The van der Waals surface area contributed by atoms with Gasteiger partial charge < -0.3 is 10.6 Å². The fraction of sp³-hybridized carbons (Fsp3) is 0.647. The van der Waals surface area contributed by atoms with E-state index >= 15 is 0 Å². The van der Waals surface area contributed by atoms with Crippen molar-refractivity contribution in [1.82, 2.24) is 0 Å². The molecule has 1 unspecified atom stereocenters. The first-order valence-corrected chi connectivity index (χ1v) is 7.75. The highest BCUT2D eigenvalue weighted by Gasteiger charge is 2.34. The molecule has 2 fully saturated rings. The number of aryl methyl sites for hydroxylation is 1. The summed E-state index contributed by atoms with van der Waals surface area (Å²) in [4.78, 5) is 2.67. The Balaban J connectivity index is 1.77. The molecule has 0 aromatic heterocycles. The van der Waals surface area contributed by atoms with E-state index in [4.69, 9.17) is 5.73 Å². The molecule has 3 rings (SSSR count). The Hall–Kier alpha value is -1.02. The Morgan fingerprint density at radius 3 is 2.53 bits per heavy atom. The van der Waals surface area contributed by atoms with Gasteiger partial charge in [0.2, 0.25) is 0 Å². The lowest BCUT2D eigenvalue weighted by molar-refractivity contribution is 0.714. The molecule has 104 valence electrons. The topological polar surface area (TPSA) is 29.3 Å². The fourth-order valence-corrected chi connectivity index (χ4v) is 2.95. The Bertz CT molecular complexity index is 445. The van der Waals surface area contributed by atoms with E-state index in [9.17, 15) is 0 Å². The van der Waals surface area contributed by atoms with Crippen LogP contribution in [0.15, 0.2) is 18.2 Å². The molecule has 2 aliphatic carbocycles. The summed E-state index contributed by atoms with van der Waals surface area (Å²) in [6.45, 7) is 5.60. The van der Waals surface area contributed by atoms with Gasteiger partial charge in [-0.3, -0.25) is 0 Å². The second kappa shape index (κ2) is 5.16. The number of hydrogen-bond donors (Lipinski definition) is 1. The van der Waals surface area contributed by atoms with Crippen molar-refractivity contribution < 1.29 is 0 Å². The minimum atomic E-state index is 0.247. The average molecular weight is 258 g/mol. The lowest BCUT2D eigenvalue weighted by Crippen LogP contribution is -2.28. The molecular weight excluding hydrogens is 232 g/mol. The third-order valence-electron chi connectivity index (χ3n) is 4.27. The summed E-state index contributed by atoms with van der Waals surface area (Å²) >= 11 is 0. The molecule has 0 saturated heterocycles. The Morgan fingerprint density at radius 2 is 2.00 bits per heavy atom. The van der Waals surface area contributed by atoms with Crippen LogP contribution in [0.1, 0.15) is 43.7 Å². The van der Waals surface area contributed by atoms with Crippen LogP contribution in [-0.2, 0) is 6.42 Å². The summed E-state index contributed by atoms with van der Waals surface area (Å²) in [5.74, 6) is 0.962. The Labute approximate surface area is 117 Å². The minimum absolute atomic E-state index is 0.247. The minimum Gasteiger partial charge on any atom is -0.368 e. The van der Waals surface area contributed by atoms with Crippen LogP contribution < -0.4 is 10.6 Å². The first kappa shape index (κ1) is 13.0. The van der Waals surface area contributed by atoms with Gasteiger partial charge in [-0.1, -0.05) is 12.1 Å². The van der Waals surface area contributed by atoms with E-state index in [1.165, 1.54) is 49.0 Å². The van der Waals surface area contributed by atoms with Crippen molar-refractivity contribution in [1.29, 1.82) is 0 Å². The van der Waals surface area contributed by atoms with Gasteiger partial charge in [0.25, 0.3) is 0 Å². The molecule has 2 heteroatoms. The van der Waals surface area contributed by atoms with Gasteiger partial charge in [0.15, 0.2) is 0 Å². The third-order valence-corrected chi connectivity index (χ3v) is 4.27. The zero-order chi connectivity index (χ0) is 13.4. The summed E-state index contributed by atoms with van der Waals surface area (Å²) in [7, 11) is 0. The summed E-state index contributed by atoms with van der Waals surface area (Å²) in [6, 6.07) is 8.00. The molecule has 0 spiro atoms. The van der Waals surface area contributed by atoms with E-state index in [2.05, 4.69) is 36.9 Å². The van der Waals surface area contributed by atoms with Crippen LogP contribution in [-0.4, -0.2) is 18.6 Å². The number of nitrogens with two attached hydrogens (primary N) is 1. The molecule has 19 heavy (non-hydrogen) atoms. The van der Waals surface area contributed by atoms with Crippen LogP contribution in [0.4, 0.5) is 5.69 Å². The Morgan fingerprint density at radius 1 is 1.26 bits per heavy atom. The summed E-state index contributed by atoms with van der Waals surface area (Å²) in [6.07, 6.45) is 6.62. The molecule has 2 N–H and O–H groups in total. The van der Waals surface area contributed by atoms with Crippen LogP contribution in [0.3, 0.4) is 0 Å². The van der Waals surface area contributed by atoms with Gasteiger partial charge in [-0.25, -0.2) is 0 Å². The predicted octanol–water partition coefficient (Wildman–Crippen LogP) is 3.26. The van der Waals surface area contributed by atoms with E-state index in [0.717, 1.165) is 18.4 Å². The van der Waals surface area contributed by atoms with Crippen LogP contribution >= 0.6 is 0 Å². The van der Waals surface area contributed by atoms with Gasteiger partial charge in [0, 0.05) is 24.3 Å². The molecule has 2 aliphatic rings. The molecule has 0 amide bonds. The number of nitrogens with zero attached hydrogens (tertiary/aromatic N) is 1. The highest BCUT2D eigenvalue weighted by Crippen LogP contribution is 2.38. The second-order valence-electron chi connectivity index (χ2n) is 6.63. The van der Waals surface area contributed by atoms with Crippen molar-refractivity contribution in [2.24, 2.45) is 11.7 Å². The van der Waals surface area contributed by atoms with E-state index < -0.39 is 0 Å². The van der Waals surface area contributed by atoms with Gasteiger partial charge >= 0.3 is 0 Å². The van der Waals surface area contributed by atoms with Crippen molar-refractivity contribution in [3.8, 4) is 0 Å². The number of hydrogen-bond acceptors (Lipinski definition) is 2. The first-order valence-electron chi connectivity index (χ1n) is 7.75. The van der Waals surface area contributed by atoms with E-state index in [0.29, 0.717) is 0 Å². The predicted molar refractivity (Wildman–Crippen MR) is 81.6 cm³/mol. The normalized spacial score (nSPS) is 20.4. The largest absolute Gasteiger partial charge is 0.368 e. The lowest BCUT2D eigenvalue weighted by atomic mass is 10.0. The fourth-order valence-electron chi connectivity index (χ4n) is 2.95. The smallest absolute Gasteiger partial charge is 0.0398 e. The number of benzene rings is 1. The van der Waals surface area contributed by atoms with Gasteiger partial charge in [-0.2, -0.15) is 0 Å². The number of anilines is 1. The molecule has 1 aromatic carbocycles. The van der Waals surface area contributed by atoms with E-state index in [1.807, 2.05) is 0 Å². The van der Waals surface area contributed by atoms with Crippen LogP contribution in [0.2, 0.25) is 0 Å². The lowest BCUT2D eigenvalue weighted by Gasteiger charge is -2.27. The molecule has 0 bridgehead atoms. The molecule has 0 heterocycles. The second-order valence-corrected chi connectivity index (χ2v) is 6.63. The zero-order valence-electron chi connectivity index (χ0n) is 12.2. The van der Waals surface area contributed by atoms with Crippen molar-refractivity contribution in [2.45, 2.75) is 58.0 Å². The highest BCUT2D eigenvalue weighted by molar-refractivity contribution is 5.56. The maximum absolute atomic E-state index is 5.89. The maximum Gasteiger partial charge on any atom is 0.0398 e. The van der Waals surface area contributed by atoms with Crippen molar-refractivity contribution in [3.63, 3.8) is 0 Å². The number of rotatable bonds is 6. The van der Waals surface area contributed by atoms with Gasteiger partial charge in [-0.05, 0) is 69.1 Å². The molecular formula is C17H26N2. The summed E-state index contributed by atoms with van der Waals surface area (Å²) < 4.78 is 0. The van der Waals surface area contributed by atoms with E-state index in [1.54, 1.807) is 0 Å². The molecule has 2 nitrogen and oxygen atoms in total. The summed E-state index contributed by atoms with van der Waals surface area (Å²) in [5.41, 5.74) is 10.2. The van der Waals surface area contributed by atoms with Crippen molar-refractivity contribution in [2.75, 3.05) is 11.4 Å². The summed E-state index contributed by atoms with van der Waals surface area (Å²) in [5, 5.41) is 0. The molecule has 0 radical (unpaired) electrons. The standard InChI is InChI=1S/C17H26N2/c1-12-9-15(10-13(2)18)5-8-17(12)19(16-6-7-16)11-14-3-4-14/h5,8-9,13-14,16H,3-4,6-7,10-11,18H2,1-2H3.